The molecule has 1 aliphatic heterocycles. The first-order chi connectivity index (χ1) is 18.9. The number of ether oxygens (including phenoxy) is 2. The molecule has 2 aromatic heterocycles. The van der Waals surface area contributed by atoms with Crippen LogP contribution in [-0.2, 0) is 17.9 Å². The van der Waals surface area contributed by atoms with E-state index in [9.17, 15) is 9.59 Å². The van der Waals surface area contributed by atoms with Gasteiger partial charge in [-0.05, 0) is 52.0 Å². The van der Waals surface area contributed by atoms with Crippen molar-refractivity contribution in [1.82, 2.24) is 24.5 Å². The number of amides is 1. The molecule has 5 rings (SSSR count). The van der Waals surface area contributed by atoms with Crippen molar-refractivity contribution in [3.63, 3.8) is 0 Å². The number of hydrogen-bond acceptors (Lipinski definition) is 6. The highest BCUT2D eigenvalue weighted by Gasteiger charge is 2.34. The van der Waals surface area contributed by atoms with E-state index in [0.717, 1.165) is 11.1 Å². The molecule has 9 nitrogen and oxygen atoms in total. The third-order valence-corrected chi connectivity index (χ3v) is 7.28. The molecule has 0 saturated carbocycles. The van der Waals surface area contributed by atoms with Crippen LogP contribution in [0.2, 0.25) is 10.0 Å². The van der Waals surface area contributed by atoms with Crippen molar-refractivity contribution in [3.8, 4) is 39.6 Å². The molecule has 0 atom stereocenters. The number of rotatable bonds is 6. The van der Waals surface area contributed by atoms with Crippen LogP contribution in [0.5, 0.6) is 11.5 Å². The average Bonchev–Trinajstić information content (AvgIpc) is 3.50. The van der Waals surface area contributed by atoms with Gasteiger partial charge in [0.15, 0.2) is 11.5 Å². The summed E-state index contributed by atoms with van der Waals surface area (Å²) in [5, 5.41) is 10.0. The number of halogens is 2. The Hall–Kier alpha value is -3.82. The number of benzene rings is 2. The summed E-state index contributed by atoms with van der Waals surface area (Å²) in [6, 6.07) is 8.86. The fourth-order valence-corrected chi connectivity index (χ4v) is 5.09. The lowest BCUT2D eigenvalue weighted by atomic mass is 9.96. The molecule has 0 spiro atoms. The maximum absolute atomic E-state index is 13.7. The second-order valence-electron chi connectivity index (χ2n) is 10.7. The number of methoxy groups -OCH3 is 1. The smallest absolute Gasteiger partial charge is 0.274 e. The van der Waals surface area contributed by atoms with Gasteiger partial charge in [-0.2, -0.15) is 10.2 Å². The summed E-state index contributed by atoms with van der Waals surface area (Å²) in [4.78, 5) is 27.0. The minimum atomic E-state index is -0.429. The van der Waals surface area contributed by atoms with E-state index >= 15 is 0 Å². The predicted molar refractivity (Wildman–Crippen MR) is 154 cm³/mol. The molecule has 0 radical (unpaired) electrons. The molecule has 3 heterocycles. The lowest BCUT2D eigenvalue weighted by molar-refractivity contribution is -0.117. The lowest BCUT2D eigenvalue weighted by Gasteiger charge is -2.31. The van der Waals surface area contributed by atoms with Crippen LogP contribution in [0.25, 0.3) is 28.1 Å². The van der Waals surface area contributed by atoms with Crippen LogP contribution < -0.4 is 9.47 Å². The van der Waals surface area contributed by atoms with Gasteiger partial charge >= 0.3 is 0 Å². The molecular formula is C29H29Cl2N5O4. The number of hydrogen-bond donors (Lipinski definition) is 0. The number of aromatic nitrogens is 4. The summed E-state index contributed by atoms with van der Waals surface area (Å²) < 4.78 is 15.1. The number of nitrogens with zero attached hydrogens (tertiary/aromatic N) is 5. The minimum Gasteiger partial charge on any atom is -0.496 e. The Morgan fingerprint density at radius 2 is 1.80 bits per heavy atom. The van der Waals surface area contributed by atoms with Gasteiger partial charge in [0, 0.05) is 57.1 Å². The van der Waals surface area contributed by atoms with Crippen LogP contribution in [0.1, 0.15) is 43.7 Å². The SMILES string of the molecule is COc1cc2c(cc1-c1cnn(CC(C)=O)c1)-c1c(c(C(=O)N(C)C(C)(C)C)nn1-c1cc(Cl)cc(Cl)c1)CO2. The number of carbonyl (C=O) groups is 2. The van der Waals surface area contributed by atoms with E-state index in [0.29, 0.717) is 44.1 Å². The Morgan fingerprint density at radius 1 is 1.10 bits per heavy atom. The molecule has 40 heavy (non-hydrogen) atoms. The Morgan fingerprint density at radius 3 is 2.42 bits per heavy atom. The molecule has 0 saturated heterocycles. The third-order valence-electron chi connectivity index (χ3n) is 6.85. The van der Waals surface area contributed by atoms with Crippen LogP contribution in [0.4, 0.5) is 0 Å². The van der Waals surface area contributed by atoms with Gasteiger partial charge in [-0.25, -0.2) is 4.68 Å². The summed E-state index contributed by atoms with van der Waals surface area (Å²) in [7, 11) is 3.33. The fourth-order valence-electron chi connectivity index (χ4n) is 4.57. The van der Waals surface area contributed by atoms with E-state index in [2.05, 4.69) is 5.10 Å². The van der Waals surface area contributed by atoms with E-state index in [1.165, 1.54) is 6.92 Å². The largest absolute Gasteiger partial charge is 0.496 e. The zero-order chi connectivity index (χ0) is 28.9. The van der Waals surface area contributed by atoms with Gasteiger partial charge in [0.05, 0.1) is 31.2 Å². The van der Waals surface area contributed by atoms with Crippen LogP contribution in [0.15, 0.2) is 42.7 Å². The first kappa shape index (κ1) is 27.7. The summed E-state index contributed by atoms with van der Waals surface area (Å²) in [6.45, 7) is 7.69. The van der Waals surface area contributed by atoms with Gasteiger partial charge in [0.1, 0.15) is 18.1 Å². The van der Waals surface area contributed by atoms with E-state index in [1.807, 2.05) is 26.8 Å². The van der Waals surface area contributed by atoms with Crippen LogP contribution in [0, 0.1) is 0 Å². The normalized spacial score (nSPS) is 12.4. The first-order valence-corrected chi connectivity index (χ1v) is 13.4. The van der Waals surface area contributed by atoms with Gasteiger partial charge in [-0.1, -0.05) is 23.2 Å². The second-order valence-corrected chi connectivity index (χ2v) is 11.6. The minimum absolute atomic E-state index is 0.00777. The van der Waals surface area contributed by atoms with Crippen LogP contribution in [-0.4, -0.2) is 55.8 Å². The number of fused-ring (bicyclic) bond motifs is 3. The highest BCUT2D eigenvalue weighted by molar-refractivity contribution is 6.34. The molecule has 4 aromatic rings. The van der Waals surface area contributed by atoms with Gasteiger partial charge < -0.3 is 14.4 Å². The molecule has 0 N–H and O–H groups in total. The molecule has 11 heteroatoms. The third kappa shape index (κ3) is 5.07. The van der Waals surface area contributed by atoms with Crippen molar-refractivity contribution in [3.05, 3.63) is 64.0 Å². The van der Waals surface area contributed by atoms with Crippen molar-refractivity contribution in [2.75, 3.05) is 14.2 Å². The first-order valence-electron chi connectivity index (χ1n) is 12.6. The fraction of sp³-hybridized carbons (Fsp3) is 0.310. The number of carbonyl (C=O) groups excluding carboxylic acids is 2. The lowest BCUT2D eigenvalue weighted by Crippen LogP contribution is -2.43. The van der Waals surface area contributed by atoms with Crippen molar-refractivity contribution < 1.29 is 19.1 Å². The molecule has 208 valence electrons. The second kappa shape index (κ2) is 10.3. The maximum atomic E-state index is 13.7. The highest BCUT2D eigenvalue weighted by atomic mass is 35.5. The van der Waals surface area contributed by atoms with Crippen molar-refractivity contribution in [2.24, 2.45) is 0 Å². The average molecular weight is 582 g/mol. The summed E-state index contributed by atoms with van der Waals surface area (Å²) in [5.41, 5.74) is 3.99. The molecule has 0 aliphatic carbocycles. The van der Waals surface area contributed by atoms with Gasteiger partial charge in [-0.3, -0.25) is 14.3 Å². The molecule has 2 aromatic carbocycles. The van der Waals surface area contributed by atoms with E-state index < -0.39 is 5.54 Å². The van der Waals surface area contributed by atoms with Crippen molar-refractivity contribution in [1.29, 1.82) is 0 Å². The van der Waals surface area contributed by atoms with Gasteiger partial charge in [0.2, 0.25) is 0 Å². The molecule has 1 aliphatic rings. The molecule has 0 unspecified atom stereocenters. The number of ketones is 1. The maximum Gasteiger partial charge on any atom is 0.274 e. The molecule has 0 fully saturated rings. The van der Waals surface area contributed by atoms with Crippen LogP contribution >= 0.6 is 23.2 Å². The van der Waals surface area contributed by atoms with Gasteiger partial charge in [-0.15, -0.1) is 0 Å². The Bertz CT molecular complexity index is 1630. The summed E-state index contributed by atoms with van der Waals surface area (Å²) in [5.74, 6) is 0.903. The zero-order valence-electron chi connectivity index (χ0n) is 23.1. The molecule has 1 amide bonds. The Kier molecular flexibility index (Phi) is 7.14. The monoisotopic (exact) mass is 581 g/mol. The van der Waals surface area contributed by atoms with E-state index in [-0.39, 0.29) is 30.5 Å². The van der Waals surface area contributed by atoms with Crippen molar-refractivity contribution in [2.45, 2.75) is 46.4 Å². The standard InChI is InChI=1S/C29H29Cl2N5O4/c1-16(37)13-35-14-17(12-32-35)21-10-22-25(11-24(21)39-6)40-15-23-26(28(38)34(5)29(2,3)4)33-36(27(22)23)20-8-18(30)7-19(31)9-20/h7-12,14H,13,15H2,1-6H3. The summed E-state index contributed by atoms with van der Waals surface area (Å²) >= 11 is 12.7. The zero-order valence-corrected chi connectivity index (χ0v) is 24.6. The topological polar surface area (TPSA) is 91.5 Å². The number of Topliss-reactive ketones (excluding diaryl/α,β-unsaturated/α-hetero) is 1. The molecule has 0 bridgehead atoms. The quantitative estimate of drug-likeness (QED) is 0.274. The highest BCUT2D eigenvalue weighted by Crippen LogP contribution is 2.46. The van der Waals surface area contributed by atoms with Crippen molar-refractivity contribution >= 4 is 34.9 Å². The van der Waals surface area contributed by atoms with E-state index in [4.69, 9.17) is 37.8 Å². The summed E-state index contributed by atoms with van der Waals surface area (Å²) in [6.07, 6.45) is 3.47. The Labute approximate surface area is 242 Å². The predicted octanol–water partition coefficient (Wildman–Crippen LogP) is 6.07. The van der Waals surface area contributed by atoms with Gasteiger partial charge in [0.25, 0.3) is 5.91 Å². The van der Waals surface area contributed by atoms with Crippen LogP contribution in [0.3, 0.4) is 0 Å². The van der Waals surface area contributed by atoms with E-state index in [1.54, 1.807) is 65.1 Å². The Balaban J connectivity index is 1.75. The molecular weight excluding hydrogens is 553 g/mol.